The summed E-state index contributed by atoms with van der Waals surface area (Å²) in [7, 11) is 0. The SMILES string of the molecule is C[C@@H](OC(=O)/C=C/c1cccc([N+](=O)[O-])c1)C(=O)Nc1ccc(Cl)cc1Cl. The lowest BCUT2D eigenvalue weighted by Crippen LogP contribution is -2.29. The average molecular weight is 409 g/mol. The number of nitro benzene ring substituents is 1. The number of carbonyl (C=O) groups excluding carboxylic acids is 2. The van der Waals surface area contributed by atoms with Gasteiger partial charge in [-0.3, -0.25) is 14.9 Å². The minimum absolute atomic E-state index is 0.0990. The zero-order valence-electron chi connectivity index (χ0n) is 14.0. The molecule has 9 heteroatoms. The van der Waals surface area contributed by atoms with Crippen LogP contribution in [-0.4, -0.2) is 22.9 Å². The summed E-state index contributed by atoms with van der Waals surface area (Å²) in [5, 5.41) is 13.9. The van der Waals surface area contributed by atoms with Crippen molar-refractivity contribution in [3.8, 4) is 0 Å². The number of nitrogens with zero attached hydrogens (tertiary/aromatic N) is 1. The van der Waals surface area contributed by atoms with Gasteiger partial charge >= 0.3 is 5.97 Å². The van der Waals surface area contributed by atoms with Gasteiger partial charge in [-0.15, -0.1) is 0 Å². The lowest BCUT2D eigenvalue weighted by Gasteiger charge is -2.13. The summed E-state index contributed by atoms with van der Waals surface area (Å²) in [6.45, 7) is 1.40. The molecule has 1 N–H and O–H groups in total. The summed E-state index contributed by atoms with van der Waals surface area (Å²) in [6.07, 6.45) is 1.35. The summed E-state index contributed by atoms with van der Waals surface area (Å²) in [5.41, 5.74) is 0.686. The number of amides is 1. The number of nitro groups is 1. The molecular formula is C18H14Cl2N2O5. The third kappa shape index (κ3) is 6.09. The maximum absolute atomic E-state index is 12.1. The number of benzene rings is 2. The van der Waals surface area contributed by atoms with Crippen LogP contribution in [0.15, 0.2) is 48.5 Å². The van der Waals surface area contributed by atoms with E-state index in [1.54, 1.807) is 12.1 Å². The van der Waals surface area contributed by atoms with E-state index in [0.717, 1.165) is 6.08 Å². The van der Waals surface area contributed by atoms with Gasteiger partial charge in [0.1, 0.15) is 0 Å². The third-order valence-corrected chi connectivity index (χ3v) is 3.89. The molecule has 1 atom stereocenters. The van der Waals surface area contributed by atoms with Crippen molar-refractivity contribution in [1.82, 2.24) is 0 Å². The van der Waals surface area contributed by atoms with E-state index >= 15 is 0 Å². The van der Waals surface area contributed by atoms with Crippen LogP contribution in [0.4, 0.5) is 11.4 Å². The van der Waals surface area contributed by atoms with Crippen LogP contribution in [-0.2, 0) is 14.3 Å². The largest absolute Gasteiger partial charge is 0.449 e. The van der Waals surface area contributed by atoms with Crippen LogP contribution in [0.1, 0.15) is 12.5 Å². The zero-order chi connectivity index (χ0) is 20.0. The maximum Gasteiger partial charge on any atom is 0.331 e. The fourth-order valence-electron chi connectivity index (χ4n) is 2.00. The molecule has 0 bridgehead atoms. The van der Waals surface area contributed by atoms with E-state index in [0.29, 0.717) is 16.3 Å². The van der Waals surface area contributed by atoms with Crippen molar-refractivity contribution < 1.29 is 19.2 Å². The number of nitrogens with one attached hydrogen (secondary N) is 1. The molecule has 0 saturated heterocycles. The minimum Gasteiger partial charge on any atom is -0.449 e. The van der Waals surface area contributed by atoms with Gasteiger partial charge in [-0.1, -0.05) is 35.3 Å². The molecule has 0 radical (unpaired) electrons. The quantitative estimate of drug-likeness (QED) is 0.328. The summed E-state index contributed by atoms with van der Waals surface area (Å²) in [6, 6.07) is 10.3. The van der Waals surface area contributed by atoms with Gasteiger partial charge in [0.25, 0.3) is 11.6 Å². The molecule has 0 spiro atoms. The molecule has 0 aliphatic rings. The molecule has 2 aromatic carbocycles. The number of ether oxygens (including phenoxy) is 1. The highest BCUT2D eigenvalue weighted by atomic mass is 35.5. The van der Waals surface area contributed by atoms with Crippen LogP contribution in [0.25, 0.3) is 6.08 Å². The van der Waals surface area contributed by atoms with E-state index in [4.69, 9.17) is 27.9 Å². The topological polar surface area (TPSA) is 98.5 Å². The first kappa shape index (κ1) is 20.4. The predicted octanol–water partition coefficient (Wildman–Crippen LogP) is 4.49. The standard InChI is InChI=1S/C18H14Cl2N2O5/c1-11(18(24)21-16-7-6-13(19)10-15(16)20)27-17(23)8-5-12-3-2-4-14(9-12)22(25)26/h2-11H,1H3,(H,21,24)/b8-5+/t11-/m1/s1. The first-order valence-corrected chi connectivity index (χ1v) is 8.41. The summed E-state index contributed by atoms with van der Waals surface area (Å²) in [5.74, 6) is -1.34. The molecule has 1 amide bonds. The second-order valence-corrected chi connectivity index (χ2v) is 6.22. The Hall–Kier alpha value is -2.90. The molecule has 0 aromatic heterocycles. The average Bonchev–Trinajstić information content (AvgIpc) is 2.62. The molecule has 140 valence electrons. The Balaban J connectivity index is 1.95. The smallest absolute Gasteiger partial charge is 0.331 e. The van der Waals surface area contributed by atoms with E-state index in [9.17, 15) is 19.7 Å². The number of carbonyl (C=O) groups is 2. The molecule has 2 aromatic rings. The molecule has 0 heterocycles. The molecular weight excluding hydrogens is 395 g/mol. The van der Waals surface area contributed by atoms with Crippen LogP contribution in [0.2, 0.25) is 10.0 Å². The van der Waals surface area contributed by atoms with Crippen molar-refractivity contribution in [2.75, 3.05) is 5.32 Å². The van der Waals surface area contributed by atoms with Crippen LogP contribution in [0.3, 0.4) is 0 Å². The van der Waals surface area contributed by atoms with Crippen LogP contribution >= 0.6 is 23.2 Å². The van der Waals surface area contributed by atoms with Gasteiger partial charge in [0.2, 0.25) is 0 Å². The van der Waals surface area contributed by atoms with Crippen molar-refractivity contribution in [3.63, 3.8) is 0 Å². The monoisotopic (exact) mass is 408 g/mol. The Labute approximate surface area is 164 Å². The lowest BCUT2D eigenvalue weighted by molar-refractivity contribution is -0.384. The molecule has 0 saturated carbocycles. The normalized spacial score (nSPS) is 11.8. The van der Waals surface area contributed by atoms with E-state index in [2.05, 4.69) is 5.32 Å². The van der Waals surface area contributed by atoms with E-state index < -0.39 is 22.9 Å². The van der Waals surface area contributed by atoms with Crippen LogP contribution in [0, 0.1) is 10.1 Å². The van der Waals surface area contributed by atoms with Gasteiger partial charge in [0.05, 0.1) is 15.6 Å². The maximum atomic E-state index is 12.1. The molecule has 27 heavy (non-hydrogen) atoms. The number of anilines is 1. The highest BCUT2D eigenvalue weighted by molar-refractivity contribution is 6.36. The number of hydrogen-bond acceptors (Lipinski definition) is 5. The summed E-state index contributed by atoms with van der Waals surface area (Å²) >= 11 is 11.8. The van der Waals surface area contributed by atoms with Crippen molar-refractivity contribution in [1.29, 1.82) is 0 Å². The van der Waals surface area contributed by atoms with Gasteiger partial charge in [-0.2, -0.15) is 0 Å². The van der Waals surface area contributed by atoms with Gasteiger partial charge in [0, 0.05) is 23.2 Å². The van der Waals surface area contributed by atoms with Gasteiger partial charge in [0.15, 0.2) is 6.10 Å². The fraction of sp³-hybridized carbons (Fsp3) is 0.111. The number of halogens is 2. The number of hydrogen-bond donors (Lipinski definition) is 1. The van der Waals surface area contributed by atoms with E-state index in [1.165, 1.54) is 43.3 Å². The van der Waals surface area contributed by atoms with Gasteiger partial charge in [-0.25, -0.2) is 4.79 Å². The lowest BCUT2D eigenvalue weighted by atomic mass is 10.2. The molecule has 0 fully saturated rings. The highest BCUT2D eigenvalue weighted by Gasteiger charge is 2.17. The van der Waals surface area contributed by atoms with Crippen molar-refractivity contribution >= 4 is 52.5 Å². The minimum atomic E-state index is -1.08. The summed E-state index contributed by atoms with van der Waals surface area (Å²) < 4.78 is 5.01. The van der Waals surface area contributed by atoms with Crippen molar-refractivity contribution in [2.24, 2.45) is 0 Å². The number of non-ortho nitro benzene ring substituents is 1. The van der Waals surface area contributed by atoms with Gasteiger partial charge < -0.3 is 10.1 Å². The second-order valence-electron chi connectivity index (χ2n) is 5.38. The number of rotatable bonds is 6. The fourth-order valence-corrected chi connectivity index (χ4v) is 2.45. The van der Waals surface area contributed by atoms with E-state index in [-0.39, 0.29) is 10.7 Å². The predicted molar refractivity (Wildman–Crippen MR) is 103 cm³/mol. The Kier molecular flexibility index (Phi) is 6.92. The van der Waals surface area contributed by atoms with Crippen LogP contribution < -0.4 is 5.32 Å². The molecule has 0 unspecified atom stereocenters. The summed E-state index contributed by atoms with van der Waals surface area (Å²) in [4.78, 5) is 34.1. The number of esters is 1. The zero-order valence-corrected chi connectivity index (χ0v) is 15.5. The molecule has 7 nitrogen and oxygen atoms in total. The molecule has 0 aliphatic carbocycles. The molecule has 0 aliphatic heterocycles. The highest BCUT2D eigenvalue weighted by Crippen LogP contribution is 2.25. The van der Waals surface area contributed by atoms with Crippen molar-refractivity contribution in [2.45, 2.75) is 13.0 Å². The Morgan fingerprint density at radius 3 is 2.63 bits per heavy atom. The van der Waals surface area contributed by atoms with Crippen molar-refractivity contribution in [3.05, 3.63) is 74.3 Å². The van der Waals surface area contributed by atoms with E-state index in [1.807, 2.05) is 0 Å². The Morgan fingerprint density at radius 1 is 1.22 bits per heavy atom. The third-order valence-electron chi connectivity index (χ3n) is 3.34. The van der Waals surface area contributed by atoms with Gasteiger partial charge in [-0.05, 0) is 36.8 Å². The Bertz CT molecular complexity index is 914. The first-order chi connectivity index (χ1) is 12.8. The Morgan fingerprint density at radius 2 is 1.96 bits per heavy atom. The second kappa shape index (κ2) is 9.16. The van der Waals surface area contributed by atoms with Crippen LogP contribution in [0.5, 0.6) is 0 Å². The molecule has 2 rings (SSSR count). The first-order valence-electron chi connectivity index (χ1n) is 7.65.